The van der Waals surface area contributed by atoms with Crippen molar-refractivity contribution in [2.75, 3.05) is 0 Å². The fraction of sp³-hybridized carbons (Fsp3) is 0.236. The summed E-state index contributed by atoms with van der Waals surface area (Å²) in [6.45, 7) is 12.0. The SMILES string of the molecule is CCCCc1ccc(C23C4=C5C6C7=C4C4(c8ccc(CCCC)cc8)c8c2c2c9c3c3c%10c%11c(c%12c%13c%14c(c%15c%16c%17c(c4c4c8c8c2c2c%18c9c%10c9c%10c%11c%13c%11c%13c%14c%16c%14c%16c%17c4c4c8c2c2c(c%189)c(c%10%11)c(c%14%13)c2c4%16)C7%15c2ccc(CCCC)cc2)C%126c2ccc(CCCC)cc2)C53c2ccc(CCCC)cc2)cc1. The van der Waals surface area contributed by atoms with Gasteiger partial charge in [0.1, 0.15) is 0 Å². The van der Waals surface area contributed by atoms with Gasteiger partial charge in [0.2, 0.25) is 0 Å². The molecule has 11 aliphatic rings. The van der Waals surface area contributed by atoms with E-state index in [2.05, 4.69) is 156 Å². The van der Waals surface area contributed by atoms with Gasteiger partial charge in [-0.3, -0.25) is 0 Å². The minimum absolute atomic E-state index is 0.0504. The predicted molar refractivity (Wildman–Crippen MR) is 460 cm³/mol. The highest BCUT2D eigenvalue weighted by atomic mass is 14.8. The minimum atomic E-state index is -0.668. The van der Waals surface area contributed by atoms with Gasteiger partial charge in [0.05, 0.1) is 27.1 Å². The lowest BCUT2D eigenvalue weighted by molar-refractivity contribution is 0.369. The van der Waals surface area contributed by atoms with Gasteiger partial charge in [-0.2, -0.15) is 0 Å². The number of benzene rings is 20. The normalized spacial score (nSPS) is 24.1. The van der Waals surface area contributed by atoms with Crippen LogP contribution in [0.1, 0.15) is 210 Å². The highest BCUT2D eigenvalue weighted by molar-refractivity contribution is 6.77. The third-order valence-corrected chi connectivity index (χ3v) is 35.7. The molecule has 0 saturated carbocycles. The van der Waals surface area contributed by atoms with Crippen LogP contribution in [-0.4, -0.2) is 0 Å². The number of unbranched alkanes of at least 4 members (excludes halogenated alkanes) is 5. The lowest BCUT2D eigenvalue weighted by atomic mass is 9.40. The molecule has 0 amide bonds. The van der Waals surface area contributed by atoms with Crippen molar-refractivity contribution < 1.29 is 0 Å². The first-order chi connectivity index (χ1) is 54.5. The maximum Gasteiger partial charge on any atom is 0.0724 e. The molecule has 4 atom stereocenters. The van der Waals surface area contributed by atoms with Crippen LogP contribution in [0.2, 0.25) is 0 Å². The van der Waals surface area contributed by atoms with Crippen LogP contribution < -0.4 is 0 Å². The Labute approximate surface area is 629 Å². The monoisotopic (exact) mass is 1390 g/mol. The quantitative estimate of drug-likeness (QED) is 0.0667. The van der Waals surface area contributed by atoms with Gasteiger partial charge in [-0.25, -0.2) is 0 Å². The van der Waals surface area contributed by atoms with E-state index in [9.17, 15) is 0 Å². The Kier molecular flexibility index (Phi) is 7.18. The fourth-order valence-corrected chi connectivity index (χ4v) is 33.4. The Morgan fingerprint density at radius 1 is 0.182 bits per heavy atom. The van der Waals surface area contributed by atoms with Crippen LogP contribution >= 0.6 is 0 Å². The van der Waals surface area contributed by atoms with Crippen LogP contribution in [0.3, 0.4) is 0 Å². The maximum atomic E-state index is 2.82. The topological polar surface area (TPSA) is 0 Å². The molecule has 0 heteroatoms. The molecule has 0 saturated heterocycles. The first-order valence-electron chi connectivity index (χ1n) is 43.3. The molecule has 110 heavy (non-hydrogen) atoms. The van der Waals surface area contributed by atoms with Crippen molar-refractivity contribution in [3.05, 3.63) is 255 Å². The van der Waals surface area contributed by atoms with Crippen molar-refractivity contribution in [2.45, 2.75) is 158 Å². The Hall–Kier alpha value is -10.9. The molecule has 0 spiro atoms. The molecular weight excluding hydrogens is 1320 g/mol. The second-order valence-electron chi connectivity index (χ2n) is 38.6. The molecule has 37 rings (SSSR count). The second-order valence-corrected chi connectivity index (χ2v) is 38.6. The summed E-state index contributed by atoms with van der Waals surface area (Å²) in [4.78, 5) is 0. The van der Waals surface area contributed by atoms with Gasteiger partial charge in [0.25, 0.3) is 0 Å². The molecule has 0 N–H and O–H groups in total. The highest BCUT2D eigenvalue weighted by Gasteiger charge is 2.83. The summed E-state index contributed by atoms with van der Waals surface area (Å²) in [5.41, 5.74) is 36.2. The summed E-state index contributed by atoms with van der Waals surface area (Å²) in [5, 5.41) is 66.2. The van der Waals surface area contributed by atoms with E-state index in [-0.39, 0.29) is 5.92 Å². The first-order valence-corrected chi connectivity index (χ1v) is 43.3. The van der Waals surface area contributed by atoms with Crippen LogP contribution in [0, 0.1) is 5.92 Å². The molecule has 0 heterocycles. The van der Waals surface area contributed by atoms with Gasteiger partial charge in [0, 0.05) is 5.92 Å². The van der Waals surface area contributed by atoms with E-state index in [0.29, 0.717) is 0 Å². The van der Waals surface area contributed by atoms with Gasteiger partial charge in [0.15, 0.2) is 0 Å². The standard InChI is InChI=1S/C110H66/c1-6-11-16-41-21-31-46(32-22-41)106-91-81-71-61-56-51-52-54-55-53(51)58-65-63(56)73(71)83-85-75(65)77-67(58)69-60(55)70-68-59(54)66-64-57(52)62(61)72-74(64)84-86-76(66)78(68)88-90-80(70)79(69)89-87(77)97-95(85)107(93(83)91,47-33-23-42(24-34-47)17-12-7-2)102-101(106)103-105-104(102)109(97,49-37-27-44(28-38-49)19-14-9-4)99(89)100(90)110(105,50-39-29-45(30-40-50)20-15-10-5)98(88)96(86)108(103,94(84)92(106)82(72)81)48-35-25-43(26-36-48)18-13-8-3/h21-40,101H,6-20H2,1-5H3. The van der Waals surface area contributed by atoms with Crippen LogP contribution in [0.4, 0.5) is 0 Å². The molecule has 0 aromatic heterocycles. The van der Waals surface area contributed by atoms with Crippen molar-refractivity contribution in [3.8, 4) is 0 Å². The van der Waals surface area contributed by atoms with Gasteiger partial charge in [-0.15, -0.1) is 0 Å². The van der Waals surface area contributed by atoms with E-state index in [1.165, 1.54) is 114 Å². The van der Waals surface area contributed by atoms with E-state index in [0.717, 1.165) is 32.1 Å². The van der Waals surface area contributed by atoms with E-state index < -0.39 is 27.1 Å². The van der Waals surface area contributed by atoms with E-state index >= 15 is 0 Å². The molecule has 11 aliphatic carbocycles. The number of allylic oxidation sites excluding steroid dienone is 4. The smallest absolute Gasteiger partial charge is 0.0654 e. The van der Waals surface area contributed by atoms with E-state index in [1.807, 2.05) is 0 Å². The van der Waals surface area contributed by atoms with Crippen molar-refractivity contribution in [3.63, 3.8) is 0 Å². The molecule has 506 valence electrons. The number of hydrogen-bond donors (Lipinski definition) is 0. The number of hydrogen-bond acceptors (Lipinski definition) is 0. The van der Waals surface area contributed by atoms with Gasteiger partial charge >= 0.3 is 0 Å². The maximum absolute atomic E-state index is 2.82. The molecule has 26 aromatic carbocycles. The van der Waals surface area contributed by atoms with Crippen LogP contribution in [-0.2, 0) is 59.2 Å². The second kappa shape index (κ2) is 14.9. The first kappa shape index (κ1) is 53.0. The van der Waals surface area contributed by atoms with E-state index in [4.69, 9.17) is 0 Å². The van der Waals surface area contributed by atoms with Crippen molar-refractivity contribution in [1.82, 2.24) is 0 Å². The summed E-state index contributed by atoms with van der Waals surface area (Å²) < 4.78 is 0. The Bertz CT molecular complexity index is 8540. The summed E-state index contributed by atoms with van der Waals surface area (Å²) >= 11 is 0. The van der Waals surface area contributed by atoms with Gasteiger partial charge in [-0.1, -0.05) is 188 Å². The zero-order chi connectivity index (χ0) is 69.8. The number of aryl methyl sites for hydroxylation is 5. The van der Waals surface area contributed by atoms with Gasteiger partial charge < -0.3 is 0 Å². The third kappa shape index (κ3) is 3.90. The Balaban J connectivity index is 0.926. The fourth-order valence-electron chi connectivity index (χ4n) is 33.4. The summed E-state index contributed by atoms with van der Waals surface area (Å²) in [6.07, 6.45) is 17.5. The summed E-state index contributed by atoms with van der Waals surface area (Å²) in [5.74, 6) is -0.0504. The Morgan fingerprint density at radius 2 is 0.345 bits per heavy atom. The van der Waals surface area contributed by atoms with Crippen molar-refractivity contribution in [2.24, 2.45) is 5.92 Å². The molecule has 4 unspecified atom stereocenters. The van der Waals surface area contributed by atoms with Crippen LogP contribution in [0.5, 0.6) is 0 Å². The number of rotatable bonds is 20. The van der Waals surface area contributed by atoms with Crippen LogP contribution in [0.25, 0.3) is 215 Å². The van der Waals surface area contributed by atoms with Crippen molar-refractivity contribution in [1.29, 1.82) is 0 Å². The lowest BCUT2D eigenvalue weighted by Crippen LogP contribution is -2.57. The minimum Gasteiger partial charge on any atom is -0.0654 e. The zero-order valence-corrected chi connectivity index (χ0v) is 62.2. The average molecular weight is 1390 g/mol. The zero-order valence-electron chi connectivity index (χ0n) is 62.2. The molecule has 0 fully saturated rings. The Morgan fingerprint density at radius 3 is 0.555 bits per heavy atom. The molecular formula is C110H66. The van der Waals surface area contributed by atoms with Gasteiger partial charge in [-0.05, 0) is 413 Å². The summed E-state index contributed by atoms with van der Waals surface area (Å²) in [7, 11) is 0. The summed E-state index contributed by atoms with van der Waals surface area (Å²) in [6, 6.07) is 55.0. The van der Waals surface area contributed by atoms with Crippen LogP contribution in [0.15, 0.2) is 144 Å². The van der Waals surface area contributed by atoms with Crippen molar-refractivity contribution >= 4 is 215 Å². The predicted octanol–water partition coefficient (Wildman–Crippen LogP) is 27.9. The highest BCUT2D eigenvalue weighted by Crippen LogP contribution is 2.93. The lowest BCUT2D eigenvalue weighted by Gasteiger charge is -2.60. The third-order valence-electron chi connectivity index (χ3n) is 35.7. The molecule has 0 nitrogen and oxygen atoms in total. The molecule has 0 radical (unpaired) electrons. The average Bonchev–Trinajstić information content (AvgIpc) is 1.37. The molecule has 26 aromatic rings. The molecule has 0 aliphatic heterocycles. The largest absolute Gasteiger partial charge is 0.0724 e. The molecule has 0 bridgehead atoms. The van der Waals surface area contributed by atoms with E-state index in [1.54, 1.807) is 299 Å².